The van der Waals surface area contributed by atoms with Crippen molar-refractivity contribution in [3.63, 3.8) is 0 Å². The van der Waals surface area contributed by atoms with Crippen LogP contribution in [0.15, 0.2) is 29.4 Å². The first-order valence-electron chi connectivity index (χ1n) is 10.9. The molecule has 32 heavy (non-hydrogen) atoms. The lowest BCUT2D eigenvalue weighted by Crippen LogP contribution is -2.37. The molecule has 1 fully saturated rings. The quantitative estimate of drug-likeness (QED) is 0.524. The van der Waals surface area contributed by atoms with Crippen molar-refractivity contribution in [3.8, 4) is 5.75 Å². The maximum atomic E-state index is 12.9. The largest absolute Gasteiger partial charge is 0.497 e. The topological polar surface area (TPSA) is 84.6 Å². The zero-order valence-corrected chi connectivity index (χ0v) is 19.9. The number of benzene rings is 1. The van der Waals surface area contributed by atoms with E-state index in [1.807, 2.05) is 32.2 Å². The number of carbonyl (C=O) groups excluding carboxylic acids is 1. The van der Waals surface area contributed by atoms with Crippen LogP contribution in [0.1, 0.15) is 41.4 Å². The number of hydrogen-bond donors (Lipinski definition) is 1. The van der Waals surface area contributed by atoms with E-state index in [2.05, 4.69) is 37.4 Å². The van der Waals surface area contributed by atoms with Gasteiger partial charge in [0, 0.05) is 23.5 Å². The highest BCUT2D eigenvalue weighted by molar-refractivity contribution is 7.98. The number of fused-ring (bicyclic) bond motifs is 1. The molecule has 0 spiro atoms. The Hall–Kier alpha value is -2.65. The summed E-state index contributed by atoms with van der Waals surface area (Å²) in [5, 5.41) is 8.32. The van der Waals surface area contributed by atoms with Gasteiger partial charge in [-0.3, -0.25) is 9.69 Å². The first kappa shape index (κ1) is 22.5. The van der Waals surface area contributed by atoms with Crippen LogP contribution in [-0.2, 0) is 11.2 Å². The molecule has 1 aromatic carbocycles. The van der Waals surface area contributed by atoms with E-state index in [9.17, 15) is 4.79 Å². The summed E-state index contributed by atoms with van der Waals surface area (Å²) in [6.07, 6.45) is 4.59. The van der Waals surface area contributed by atoms with Gasteiger partial charge in [-0.05, 0) is 63.7 Å². The number of nitrogens with zero attached hydrogens (tertiary/aromatic N) is 5. The van der Waals surface area contributed by atoms with E-state index in [1.54, 1.807) is 11.6 Å². The third-order valence-corrected chi connectivity index (χ3v) is 6.66. The molecule has 1 atom stereocenters. The molecule has 3 heterocycles. The molecule has 0 aliphatic carbocycles. The average Bonchev–Trinajstić information content (AvgIpc) is 3.47. The van der Waals surface area contributed by atoms with Crippen LogP contribution in [-0.4, -0.2) is 63.4 Å². The summed E-state index contributed by atoms with van der Waals surface area (Å²) in [5.74, 6) is 1.40. The molecule has 4 rings (SSSR count). The monoisotopic (exact) mass is 454 g/mol. The molecule has 2 aromatic heterocycles. The van der Waals surface area contributed by atoms with Gasteiger partial charge in [0.1, 0.15) is 5.75 Å². The zero-order chi connectivity index (χ0) is 22.7. The van der Waals surface area contributed by atoms with E-state index < -0.39 is 0 Å². The molecule has 3 aromatic rings. The van der Waals surface area contributed by atoms with Gasteiger partial charge in [0.25, 0.3) is 5.78 Å². The lowest BCUT2D eigenvalue weighted by Gasteiger charge is -2.28. The Balaban J connectivity index is 1.48. The molecular formula is C23H30N6O2S. The van der Waals surface area contributed by atoms with Crippen LogP contribution >= 0.6 is 11.8 Å². The molecular weight excluding hydrogens is 424 g/mol. The summed E-state index contributed by atoms with van der Waals surface area (Å²) in [5.41, 5.74) is 3.81. The predicted octanol–water partition coefficient (Wildman–Crippen LogP) is 2.97. The number of carbonyl (C=O) groups is 1. The Kier molecular flexibility index (Phi) is 6.95. The van der Waals surface area contributed by atoms with Crippen molar-refractivity contribution in [1.29, 1.82) is 0 Å². The van der Waals surface area contributed by atoms with Gasteiger partial charge in [0.05, 0.1) is 19.6 Å². The van der Waals surface area contributed by atoms with Gasteiger partial charge >= 0.3 is 0 Å². The predicted molar refractivity (Wildman–Crippen MR) is 125 cm³/mol. The molecule has 0 saturated carbocycles. The van der Waals surface area contributed by atoms with Crippen LogP contribution in [0.4, 0.5) is 0 Å². The molecule has 9 heteroatoms. The lowest BCUT2D eigenvalue weighted by atomic mass is 10.0. The number of thioether (sulfide) groups is 1. The summed E-state index contributed by atoms with van der Waals surface area (Å²) in [7, 11) is 1.67. The normalized spacial score (nSPS) is 15.2. The first-order valence-corrected chi connectivity index (χ1v) is 12.1. The summed E-state index contributed by atoms with van der Waals surface area (Å²) in [6, 6.07) is 8.29. The zero-order valence-electron chi connectivity index (χ0n) is 19.1. The minimum atomic E-state index is -0.0136. The SMILES string of the molecule is COc1ccc([C@@H](CNC(=O)Cc2c(C)nc3nc(SC)nn3c2C)N2CCCC2)cc1. The molecule has 1 N–H and O–H groups in total. The highest BCUT2D eigenvalue weighted by Gasteiger charge is 2.24. The van der Waals surface area contributed by atoms with Crippen molar-refractivity contribution in [2.24, 2.45) is 0 Å². The molecule has 8 nitrogen and oxygen atoms in total. The van der Waals surface area contributed by atoms with Gasteiger partial charge in [0.2, 0.25) is 11.1 Å². The number of aromatic nitrogens is 4. The van der Waals surface area contributed by atoms with E-state index in [0.717, 1.165) is 35.8 Å². The highest BCUT2D eigenvalue weighted by atomic mass is 32.2. The van der Waals surface area contributed by atoms with Crippen LogP contribution in [0.2, 0.25) is 0 Å². The second-order valence-electron chi connectivity index (χ2n) is 8.08. The van der Waals surface area contributed by atoms with Crippen molar-refractivity contribution >= 4 is 23.4 Å². The molecule has 1 aliphatic heterocycles. The van der Waals surface area contributed by atoms with Gasteiger partial charge in [-0.1, -0.05) is 23.9 Å². The number of likely N-dealkylation sites (tertiary alicyclic amines) is 1. The van der Waals surface area contributed by atoms with Crippen LogP contribution in [0.25, 0.3) is 5.78 Å². The number of aryl methyl sites for hydroxylation is 2. The van der Waals surface area contributed by atoms with Crippen molar-refractivity contribution in [3.05, 3.63) is 46.8 Å². The molecule has 0 radical (unpaired) electrons. The highest BCUT2D eigenvalue weighted by Crippen LogP contribution is 2.26. The fourth-order valence-corrected chi connectivity index (χ4v) is 4.64. The first-order chi connectivity index (χ1) is 15.5. The van der Waals surface area contributed by atoms with Crippen molar-refractivity contribution in [2.45, 2.75) is 44.3 Å². The van der Waals surface area contributed by atoms with Crippen LogP contribution < -0.4 is 10.1 Å². The number of methoxy groups -OCH3 is 1. The summed E-state index contributed by atoms with van der Waals surface area (Å²) in [4.78, 5) is 24.4. The van der Waals surface area contributed by atoms with E-state index in [-0.39, 0.29) is 18.4 Å². The number of ether oxygens (including phenoxy) is 1. The Morgan fingerprint density at radius 3 is 2.56 bits per heavy atom. The molecule has 170 valence electrons. The smallest absolute Gasteiger partial charge is 0.253 e. The van der Waals surface area contributed by atoms with Crippen LogP contribution in [0.3, 0.4) is 0 Å². The van der Waals surface area contributed by atoms with Gasteiger partial charge in [-0.2, -0.15) is 4.98 Å². The maximum absolute atomic E-state index is 12.9. The van der Waals surface area contributed by atoms with Gasteiger partial charge < -0.3 is 10.1 Å². The molecule has 1 amide bonds. The van der Waals surface area contributed by atoms with E-state index >= 15 is 0 Å². The summed E-state index contributed by atoms with van der Waals surface area (Å²) < 4.78 is 7.03. The minimum Gasteiger partial charge on any atom is -0.497 e. The van der Waals surface area contributed by atoms with Crippen LogP contribution in [0, 0.1) is 13.8 Å². The van der Waals surface area contributed by atoms with Crippen molar-refractivity contribution in [2.75, 3.05) is 33.0 Å². The van der Waals surface area contributed by atoms with Gasteiger partial charge in [-0.15, -0.1) is 5.10 Å². The maximum Gasteiger partial charge on any atom is 0.253 e. The molecule has 1 saturated heterocycles. The summed E-state index contributed by atoms with van der Waals surface area (Å²) in [6.45, 7) is 6.56. The van der Waals surface area contributed by atoms with Crippen molar-refractivity contribution in [1.82, 2.24) is 29.8 Å². The second-order valence-corrected chi connectivity index (χ2v) is 8.86. The van der Waals surface area contributed by atoms with Gasteiger partial charge in [-0.25, -0.2) is 9.50 Å². The van der Waals surface area contributed by atoms with E-state index in [4.69, 9.17) is 4.74 Å². The average molecular weight is 455 g/mol. The number of hydrogen-bond acceptors (Lipinski definition) is 7. The third kappa shape index (κ3) is 4.73. The minimum absolute atomic E-state index is 0.0136. The number of amides is 1. The van der Waals surface area contributed by atoms with Crippen molar-refractivity contribution < 1.29 is 9.53 Å². The van der Waals surface area contributed by atoms with E-state index in [0.29, 0.717) is 17.5 Å². The fourth-order valence-electron chi connectivity index (χ4n) is 4.30. The molecule has 0 bridgehead atoms. The Bertz CT molecular complexity index is 1090. The fraction of sp³-hybridized carbons (Fsp3) is 0.478. The lowest BCUT2D eigenvalue weighted by molar-refractivity contribution is -0.120. The Labute approximate surface area is 192 Å². The Morgan fingerprint density at radius 1 is 1.19 bits per heavy atom. The van der Waals surface area contributed by atoms with Crippen LogP contribution in [0.5, 0.6) is 5.75 Å². The Morgan fingerprint density at radius 2 is 1.91 bits per heavy atom. The number of nitrogens with one attached hydrogen (secondary N) is 1. The molecule has 0 unspecified atom stereocenters. The second kappa shape index (κ2) is 9.87. The summed E-state index contributed by atoms with van der Waals surface area (Å²) >= 11 is 1.48. The third-order valence-electron chi connectivity index (χ3n) is 6.12. The number of rotatable bonds is 8. The standard InChI is InChI=1S/C23H30N6O2S/c1-15-19(16(2)29-22(25-15)26-23(27-29)32-4)13-21(30)24-14-20(28-11-5-6-12-28)17-7-9-18(31-3)10-8-17/h7-10,20H,5-6,11-14H2,1-4H3,(H,24,30)/t20-/m1/s1. The molecule has 1 aliphatic rings. The van der Waals surface area contributed by atoms with E-state index in [1.165, 1.54) is 30.2 Å². The van der Waals surface area contributed by atoms with Gasteiger partial charge in [0.15, 0.2) is 0 Å².